The summed E-state index contributed by atoms with van der Waals surface area (Å²) in [5, 5.41) is 10.7. The van der Waals surface area contributed by atoms with E-state index in [9.17, 15) is 5.11 Å². The van der Waals surface area contributed by atoms with E-state index in [2.05, 4.69) is 41.9 Å². The van der Waals surface area contributed by atoms with E-state index in [-0.39, 0.29) is 0 Å². The molecule has 0 saturated heterocycles. The molecule has 2 rings (SSSR count). The zero-order chi connectivity index (χ0) is 12.5. The molecule has 1 aromatic rings. The van der Waals surface area contributed by atoms with Gasteiger partial charge in [0.1, 0.15) is 0 Å². The lowest BCUT2D eigenvalue weighted by Gasteiger charge is -2.39. The maximum atomic E-state index is 10.7. The van der Waals surface area contributed by atoms with Gasteiger partial charge in [0.05, 0.1) is 5.60 Å². The van der Waals surface area contributed by atoms with Crippen LogP contribution in [0.1, 0.15) is 38.7 Å². The van der Waals surface area contributed by atoms with Crippen LogP contribution < -0.4 is 0 Å². The Balaban J connectivity index is 2.08. The van der Waals surface area contributed by atoms with Crippen molar-refractivity contribution in [3.05, 3.63) is 34.3 Å². The first-order valence-corrected chi connectivity index (χ1v) is 7.23. The topological polar surface area (TPSA) is 20.2 Å². The molecule has 0 bridgehead atoms. The molecule has 1 aliphatic carbocycles. The third-order valence-electron chi connectivity index (χ3n) is 3.71. The molecule has 0 radical (unpaired) electrons. The summed E-state index contributed by atoms with van der Waals surface area (Å²) in [6, 6.07) is 8.31. The van der Waals surface area contributed by atoms with E-state index in [0.717, 1.165) is 23.7 Å². The van der Waals surface area contributed by atoms with Crippen LogP contribution in [-0.4, -0.2) is 10.7 Å². The summed E-state index contributed by atoms with van der Waals surface area (Å²) in [7, 11) is 0. The SMILES string of the molecule is CC1CC(C)CC(O)(Cc2ccc(Br)cc2)C1. The first kappa shape index (κ1) is 13.1. The average Bonchev–Trinajstić information content (AvgIpc) is 2.19. The van der Waals surface area contributed by atoms with Crippen LogP contribution >= 0.6 is 15.9 Å². The van der Waals surface area contributed by atoms with E-state index in [1.54, 1.807) is 0 Å². The second-order valence-corrected chi connectivity index (χ2v) is 6.80. The van der Waals surface area contributed by atoms with Gasteiger partial charge in [-0.1, -0.05) is 41.9 Å². The summed E-state index contributed by atoms with van der Waals surface area (Å²) in [6.45, 7) is 4.50. The minimum atomic E-state index is -0.495. The summed E-state index contributed by atoms with van der Waals surface area (Å²) in [6.07, 6.45) is 3.92. The van der Waals surface area contributed by atoms with Gasteiger partial charge in [-0.15, -0.1) is 0 Å². The lowest BCUT2D eigenvalue weighted by atomic mass is 9.71. The quantitative estimate of drug-likeness (QED) is 0.868. The smallest absolute Gasteiger partial charge is 0.0693 e. The third-order valence-corrected chi connectivity index (χ3v) is 4.24. The van der Waals surface area contributed by atoms with Gasteiger partial charge in [0.15, 0.2) is 0 Å². The predicted molar refractivity (Wildman–Crippen MR) is 75.0 cm³/mol. The largest absolute Gasteiger partial charge is 0.390 e. The number of hydrogen-bond donors (Lipinski definition) is 1. The Morgan fingerprint density at radius 2 is 1.71 bits per heavy atom. The van der Waals surface area contributed by atoms with E-state index in [1.807, 2.05) is 12.1 Å². The zero-order valence-electron chi connectivity index (χ0n) is 10.6. The highest BCUT2D eigenvalue weighted by atomic mass is 79.9. The number of benzene rings is 1. The van der Waals surface area contributed by atoms with Gasteiger partial charge in [-0.25, -0.2) is 0 Å². The Labute approximate surface area is 112 Å². The molecule has 1 N–H and O–H groups in total. The standard InChI is InChI=1S/C15H21BrO/c1-11-7-12(2)9-15(17,8-11)10-13-3-5-14(16)6-4-13/h3-6,11-12,17H,7-10H2,1-2H3. The lowest BCUT2D eigenvalue weighted by molar-refractivity contribution is -0.0304. The van der Waals surface area contributed by atoms with Crippen LogP contribution in [-0.2, 0) is 6.42 Å². The molecular weight excluding hydrogens is 276 g/mol. The molecule has 0 amide bonds. The minimum Gasteiger partial charge on any atom is -0.390 e. The fourth-order valence-corrected chi connectivity index (χ4v) is 3.63. The van der Waals surface area contributed by atoms with Crippen molar-refractivity contribution in [2.24, 2.45) is 11.8 Å². The Kier molecular flexibility index (Phi) is 3.94. The van der Waals surface area contributed by atoms with E-state index in [4.69, 9.17) is 0 Å². The second kappa shape index (κ2) is 5.11. The van der Waals surface area contributed by atoms with Crippen molar-refractivity contribution >= 4 is 15.9 Å². The zero-order valence-corrected chi connectivity index (χ0v) is 12.2. The Morgan fingerprint density at radius 3 is 2.24 bits per heavy atom. The fraction of sp³-hybridized carbons (Fsp3) is 0.600. The molecule has 2 atom stereocenters. The van der Waals surface area contributed by atoms with Gasteiger partial charge in [0.25, 0.3) is 0 Å². The molecule has 1 fully saturated rings. The van der Waals surface area contributed by atoms with Crippen LogP contribution in [0.3, 0.4) is 0 Å². The molecule has 17 heavy (non-hydrogen) atoms. The molecule has 1 aromatic carbocycles. The Hall–Kier alpha value is -0.340. The van der Waals surface area contributed by atoms with Crippen molar-refractivity contribution in [2.45, 2.75) is 45.1 Å². The molecule has 94 valence electrons. The van der Waals surface area contributed by atoms with Crippen LogP contribution in [0.15, 0.2) is 28.7 Å². The third kappa shape index (κ3) is 3.56. The minimum absolute atomic E-state index is 0.495. The monoisotopic (exact) mass is 296 g/mol. The van der Waals surface area contributed by atoms with Crippen molar-refractivity contribution in [3.8, 4) is 0 Å². The summed E-state index contributed by atoms with van der Waals surface area (Å²) < 4.78 is 1.10. The first-order chi connectivity index (χ1) is 7.97. The van der Waals surface area contributed by atoms with Crippen molar-refractivity contribution in [3.63, 3.8) is 0 Å². The molecular formula is C15H21BrO. The molecule has 1 aliphatic rings. The summed E-state index contributed by atoms with van der Waals surface area (Å²) in [5.74, 6) is 1.28. The average molecular weight is 297 g/mol. The van der Waals surface area contributed by atoms with Gasteiger partial charge < -0.3 is 5.11 Å². The Morgan fingerprint density at radius 1 is 1.18 bits per heavy atom. The van der Waals surface area contributed by atoms with Gasteiger partial charge in [-0.3, -0.25) is 0 Å². The predicted octanol–water partition coefficient (Wildman–Crippen LogP) is 4.18. The number of rotatable bonds is 2. The lowest BCUT2D eigenvalue weighted by Crippen LogP contribution is -2.39. The molecule has 2 unspecified atom stereocenters. The van der Waals surface area contributed by atoms with Crippen LogP contribution in [0.5, 0.6) is 0 Å². The van der Waals surface area contributed by atoms with Crippen LogP contribution in [0.2, 0.25) is 0 Å². The van der Waals surface area contributed by atoms with Gasteiger partial charge in [-0.2, -0.15) is 0 Å². The first-order valence-electron chi connectivity index (χ1n) is 6.44. The second-order valence-electron chi connectivity index (χ2n) is 5.88. The molecule has 0 heterocycles. The van der Waals surface area contributed by atoms with E-state index < -0.39 is 5.60 Å². The summed E-state index contributed by atoms with van der Waals surface area (Å²) in [5.41, 5.74) is 0.738. The summed E-state index contributed by atoms with van der Waals surface area (Å²) in [4.78, 5) is 0. The fourth-order valence-electron chi connectivity index (χ4n) is 3.36. The van der Waals surface area contributed by atoms with Gasteiger partial charge in [0, 0.05) is 10.9 Å². The van der Waals surface area contributed by atoms with Crippen molar-refractivity contribution < 1.29 is 5.11 Å². The molecule has 1 nitrogen and oxygen atoms in total. The van der Waals surface area contributed by atoms with Crippen LogP contribution in [0.25, 0.3) is 0 Å². The maximum absolute atomic E-state index is 10.7. The number of aliphatic hydroxyl groups is 1. The van der Waals surface area contributed by atoms with Crippen molar-refractivity contribution in [1.29, 1.82) is 0 Å². The van der Waals surface area contributed by atoms with Gasteiger partial charge in [-0.05, 0) is 48.8 Å². The van der Waals surface area contributed by atoms with Crippen molar-refractivity contribution in [1.82, 2.24) is 0 Å². The maximum Gasteiger partial charge on any atom is 0.0693 e. The highest BCUT2D eigenvalue weighted by Gasteiger charge is 2.35. The van der Waals surface area contributed by atoms with Crippen molar-refractivity contribution in [2.75, 3.05) is 0 Å². The molecule has 0 aromatic heterocycles. The normalized spacial score (nSPS) is 33.6. The number of hydrogen-bond acceptors (Lipinski definition) is 1. The molecule has 0 aliphatic heterocycles. The van der Waals surface area contributed by atoms with Gasteiger partial charge >= 0.3 is 0 Å². The highest BCUT2D eigenvalue weighted by Crippen LogP contribution is 2.37. The molecule has 1 saturated carbocycles. The molecule has 0 spiro atoms. The highest BCUT2D eigenvalue weighted by molar-refractivity contribution is 9.10. The molecule has 2 heteroatoms. The van der Waals surface area contributed by atoms with E-state index in [0.29, 0.717) is 11.8 Å². The van der Waals surface area contributed by atoms with E-state index >= 15 is 0 Å². The Bertz CT molecular complexity index is 361. The number of halogens is 1. The van der Waals surface area contributed by atoms with Crippen LogP contribution in [0, 0.1) is 11.8 Å². The van der Waals surface area contributed by atoms with Crippen LogP contribution in [0.4, 0.5) is 0 Å². The van der Waals surface area contributed by atoms with Gasteiger partial charge in [0.2, 0.25) is 0 Å². The van der Waals surface area contributed by atoms with E-state index in [1.165, 1.54) is 12.0 Å². The summed E-state index contributed by atoms with van der Waals surface area (Å²) >= 11 is 3.44.